The molecule has 0 radical (unpaired) electrons. The molecule has 8 heteroatoms. The van der Waals surface area contributed by atoms with Gasteiger partial charge in [0.25, 0.3) is 5.88 Å². The Morgan fingerprint density at radius 2 is 1.80 bits per heavy atom. The number of aromatic nitrogens is 2. The van der Waals surface area contributed by atoms with E-state index in [0.29, 0.717) is 37.6 Å². The van der Waals surface area contributed by atoms with Gasteiger partial charge in [0, 0.05) is 37.0 Å². The average molecular weight is 477 g/mol. The smallest absolute Gasteiger partial charge is 0.263 e. The van der Waals surface area contributed by atoms with E-state index >= 15 is 0 Å². The molecule has 35 heavy (non-hydrogen) atoms. The number of anilines is 1. The minimum atomic E-state index is -0.208. The van der Waals surface area contributed by atoms with Crippen molar-refractivity contribution < 1.29 is 19.0 Å². The van der Waals surface area contributed by atoms with Crippen LogP contribution in [0.1, 0.15) is 36.9 Å². The number of rotatable bonds is 8. The molecule has 0 aliphatic carbocycles. The van der Waals surface area contributed by atoms with E-state index in [1.165, 1.54) is 0 Å². The maximum atomic E-state index is 13.1. The van der Waals surface area contributed by atoms with E-state index in [9.17, 15) is 4.79 Å². The Kier molecular flexibility index (Phi) is 7.70. The molecule has 1 atom stereocenters. The molecule has 1 fully saturated rings. The van der Waals surface area contributed by atoms with Gasteiger partial charge in [-0.05, 0) is 62.6 Å². The van der Waals surface area contributed by atoms with Gasteiger partial charge in [0.2, 0.25) is 5.91 Å². The molecule has 2 heterocycles. The minimum Gasteiger partial charge on any atom is -0.497 e. The van der Waals surface area contributed by atoms with E-state index in [0.717, 1.165) is 28.4 Å². The third-order valence-corrected chi connectivity index (χ3v) is 6.28. The van der Waals surface area contributed by atoms with Crippen molar-refractivity contribution in [1.29, 1.82) is 0 Å². The molecule has 2 aromatic carbocycles. The highest BCUT2D eigenvalue weighted by Gasteiger charge is 2.29. The number of hydrogen-bond donors (Lipinski definition) is 1. The molecule has 1 saturated heterocycles. The predicted octanol–water partition coefficient (Wildman–Crippen LogP) is 4.69. The third kappa shape index (κ3) is 5.82. The van der Waals surface area contributed by atoms with E-state index in [-0.39, 0.29) is 17.9 Å². The Morgan fingerprint density at radius 1 is 1.03 bits per heavy atom. The molecule has 0 saturated carbocycles. The molecular weight excluding hydrogens is 444 g/mol. The number of nitrogens with one attached hydrogen (secondary N) is 1. The summed E-state index contributed by atoms with van der Waals surface area (Å²) in [6.45, 7) is 5.36. The molecule has 1 amide bonds. The lowest BCUT2D eigenvalue weighted by Gasteiger charge is -2.33. The lowest BCUT2D eigenvalue weighted by atomic mass is 9.95. The number of amides is 1. The van der Waals surface area contributed by atoms with Gasteiger partial charge in [0.15, 0.2) is 5.82 Å². The van der Waals surface area contributed by atoms with Crippen LogP contribution in [0.15, 0.2) is 54.9 Å². The molecule has 4 rings (SSSR count). The van der Waals surface area contributed by atoms with Crippen LogP contribution in [0.4, 0.5) is 5.82 Å². The molecule has 1 aromatic heterocycles. The first-order valence-corrected chi connectivity index (χ1v) is 11.8. The van der Waals surface area contributed by atoms with Crippen molar-refractivity contribution in [1.82, 2.24) is 15.3 Å². The zero-order valence-corrected chi connectivity index (χ0v) is 20.7. The number of carbonyl (C=O) groups is 1. The molecule has 1 aliphatic heterocycles. The summed E-state index contributed by atoms with van der Waals surface area (Å²) in [5.41, 5.74) is 2.00. The molecule has 1 aliphatic rings. The van der Waals surface area contributed by atoms with Crippen LogP contribution >= 0.6 is 0 Å². The topological polar surface area (TPSA) is 85.8 Å². The largest absolute Gasteiger partial charge is 0.497 e. The van der Waals surface area contributed by atoms with Crippen molar-refractivity contribution in [3.63, 3.8) is 0 Å². The van der Waals surface area contributed by atoms with E-state index in [4.69, 9.17) is 14.2 Å². The van der Waals surface area contributed by atoms with Crippen LogP contribution in [-0.4, -0.2) is 43.2 Å². The Bertz CT molecular complexity index is 1160. The first-order chi connectivity index (χ1) is 17.0. The van der Waals surface area contributed by atoms with Gasteiger partial charge in [-0.3, -0.25) is 4.79 Å². The van der Waals surface area contributed by atoms with Crippen molar-refractivity contribution in [2.75, 3.05) is 32.2 Å². The average Bonchev–Trinajstić information content (AvgIpc) is 2.88. The normalized spacial score (nSPS) is 14.8. The first-order valence-electron chi connectivity index (χ1n) is 11.8. The summed E-state index contributed by atoms with van der Waals surface area (Å²) in [6.07, 6.45) is 4.73. The maximum absolute atomic E-state index is 13.1. The second kappa shape index (κ2) is 11.1. The predicted molar refractivity (Wildman–Crippen MR) is 134 cm³/mol. The molecule has 0 unspecified atom stereocenters. The van der Waals surface area contributed by atoms with Crippen molar-refractivity contribution in [2.45, 2.75) is 32.7 Å². The summed E-state index contributed by atoms with van der Waals surface area (Å²) in [5.74, 6) is 3.30. The van der Waals surface area contributed by atoms with Gasteiger partial charge in [-0.1, -0.05) is 12.1 Å². The highest BCUT2D eigenvalue weighted by atomic mass is 16.5. The summed E-state index contributed by atoms with van der Waals surface area (Å²) in [7, 11) is 3.25. The SMILES string of the molecule is COc1ccc(OC)c([C@@H](C)NC(=O)C2CCN(c3nccnc3Oc3cccc(C)c3)CC2)c1. The van der Waals surface area contributed by atoms with Crippen molar-refractivity contribution >= 4 is 11.7 Å². The van der Waals surface area contributed by atoms with Gasteiger partial charge in [-0.25, -0.2) is 9.97 Å². The van der Waals surface area contributed by atoms with Crippen molar-refractivity contribution in [2.24, 2.45) is 5.92 Å². The Labute approximate surface area is 206 Å². The molecule has 3 aromatic rings. The zero-order chi connectivity index (χ0) is 24.8. The third-order valence-electron chi connectivity index (χ3n) is 6.28. The van der Waals surface area contributed by atoms with E-state index in [1.54, 1.807) is 26.6 Å². The second-order valence-corrected chi connectivity index (χ2v) is 8.70. The summed E-state index contributed by atoms with van der Waals surface area (Å²) >= 11 is 0. The molecule has 184 valence electrons. The number of piperidine rings is 1. The monoisotopic (exact) mass is 476 g/mol. The maximum Gasteiger partial charge on any atom is 0.263 e. The fourth-order valence-electron chi connectivity index (χ4n) is 4.34. The van der Waals surface area contributed by atoms with Gasteiger partial charge in [0.05, 0.1) is 20.3 Å². The zero-order valence-electron chi connectivity index (χ0n) is 20.7. The number of nitrogens with zero attached hydrogens (tertiary/aromatic N) is 3. The van der Waals surface area contributed by atoms with Gasteiger partial charge in [-0.2, -0.15) is 0 Å². The number of hydrogen-bond acceptors (Lipinski definition) is 7. The molecule has 0 spiro atoms. The van der Waals surface area contributed by atoms with Crippen LogP contribution in [-0.2, 0) is 4.79 Å². The number of ether oxygens (including phenoxy) is 3. The Balaban J connectivity index is 1.38. The summed E-state index contributed by atoms with van der Waals surface area (Å²) < 4.78 is 16.9. The van der Waals surface area contributed by atoms with Crippen LogP contribution in [0, 0.1) is 12.8 Å². The van der Waals surface area contributed by atoms with E-state index < -0.39 is 0 Å². The highest BCUT2D eigenvalue weighted by Crippen LogP contribution is 2.32. The van der Waals surface area contributed by atoms with Crippen LogP contribution in [0.2, 0.25) is 0 Å². The van der Waals surface area contributed by atoms with Crippen molar-refractivity contribution in [3.8, 4) is 23.1 Å². The molecular formula is C27H32N4O4. The number of methoxy groups -OCH3 is 2. The van der Waals surface area contributed by atoms with Crippen LogP contribution in [0.25, 0.3) is 0 Å². The number of carbonyl (C=O) groups excluding carboxylic acids is 1. The van der Waals surface area contributed by atoms with Gasteiger partial charge >= 0.3 is 0 Å². The van der Waals surface area contributed by atoms with Crippen LogP contribution in [0.5, 0.6) is 23.1 Å². The van der Waals surface area contributed by atoms with Gasteiger partial charge in [0.1, 0.15) is 17.2 Å². The minimum absolute atomic E-state index is 0.0393. The summed E-state index contributed by atoms with van der Waals surface area (Å²) in [5, 5.41) is 3.15. The molecule has 1 N–H and O–H groups in total. The van der Waals surface area contributed by atoms with Gasteiger partial charge < -0.3 is 24.4 Å². The standard InChI is InChI=1S/C27H32N4O4/c1-18-6-5-7-22(16-18)35-27-25(28-12-13-29-27)31-14-10-20(11-15-31)26(32)30-19(2)23-17-21(33-3)8-9-24(23)34-4/h5-9,12-13,16-17,19-20H,10-11,14-15H2,1-4H3,(H,30,32)/t19-/m1/s1. The molecule has 0 bridgehead atoms. The Hall–Kier alpha value is -3.81. The number of benzene rings is 2. The summed E-state index contributed by atoms with van der Waals surface area (Å²) in [6, 6.07) is 13.2. The lowest BCUT2D eigenvalue weighted by Crippen LogP contribution is -2.41. The molecule has 8 nitrogen and oxygen atoms in total. The van der Waals surface area contributed by atoms with E-state index in [2.05, 4.69) is 20.2 Å². The van der Waals surface area contributed by atoms with Crippen molar-refractivity contribution in [3.05, 3.63) is 66.0 Å². The van der Waals surface area contributed by atoms with E-state index in [1.807, 2.05) is 56.3 Å². The second-order valence-electron chi connectivity index (χ2n) is 8.70. The van der Waals surface area contributed by atoms with Crippen LogP contribution < -0.4 is 24.4 Å². The van der Waals surface area contributed by atoms with Crippen LogP contribution in [0.3, 0.4) is 0 Å². The fourth-order valence-corrected chi connectivity index (χ4v) is 4.34. The quantitative estimate of drug-likeness (QED) is 0.505. The highest BCUT2D eigenvalue weighted by molar-refractivity contribution is 5.79. The fraction of sp³-hybridized carbons (Fsp3) is 0.370. The first kappa shape index (κ1) is 24.3. The van der Waals surface area contributed by atoms with Gasteiger partial charge in [-0.15, -0.1) is 0 Å². The number of aryl methyl sites for hydroxylation is 1. The Morgan fingerprint density at radius 3 is 2.51 bits per heavy atom. The lowest BCUT2D eigenvalue weighted by molar-refractivity contribution is -0.126. The summed E-state index contributed by atoms with van der Waals surface area (Å²) in [4.78, 5) is 24.1.